The highest BCUT2D eigenvalue weighted by atomic mass is 16.7. The average Bonchev–Trinajstić information content (AvgIpc) is 3.44. The minimum Gasteiger partial charge on any atom is -0.504 e. The van der Waals surface area contributed by atoms with E-state index >= 15 is 0 Å². The number of amides is 1. The van der Waals surface area contributed by atoms with Crippen LogP contribution in [0.5, 0.6) is 28.7 Å². The third kappa shape index (κ3) is 4.29. The van der Waals surface area contributed by atoms with Gasteiger partial charge in [0.05, 0.1) is 31.3 Å². The number of phenolic OH excluding ortho intramolecular Hbond substituents is 1. The summed E-state index contributed by atoms with van der Waals surface area (Å²) in [4.78, 5) is 29.4. The number of ether oxygens (including phenoxy) is 4. The summed E-state index contributed by atoms with van der Waals surface area (Å²) in [5.74, 6) is 1.05. The summed E-state index contributed by atoms with van der Waals surface area (Å²) in [5.41, 5.74) is 10.5. The quantitative estimate of drug-likeness (QED) is 0.344. The normalized spacial score (nSPS) is 26.0. The molecule has 2 aromatic carbocycles. The van der Waals surface area contributed by atoms with Gasteiger partial charge in [0, 0.05) is 47.8 Å². The number of carbonyl (C=O) groups excluding carboxylic acids is 2. The number of hydrogen-bond donors (Lipinski definition) is 3. The fourth-order valence-corrected chi connectivity index (χ4v) is 7.67. The van der Waals surface area contributed by atoms with Crippen LogP contribution in [-0.4, -0.2) is 78.4 Å². The summed E-state index contributed by atoms with van der Waals surface area (Å²) in [6, 6.07) is 1.83. The number of nitriles is 1. The number of benzene rings is 2. The third-order valence-corrected chi connectivity index (χ3v) is 9.39. The average molecular weight is 592 g/mol. The number of aryl methyl sites for hydroxylation is 1. The molecule has 6 rings (SSSR count). The first-order valence-corrected chi connectivity index (χ1v) is 14.4. The van der Waals surface area contributed by atoms with E-state index < -0.39 is 24.1 Å². The third-order valence-electron chi connectivity index (χ3n) is 9.39. The Bertz CT molecular complexity index is 1570. The molecule has 0 spiro atoms. The standard InChI is InChI=1S/C31H37N5O7/c1-13-7-17-8-19-21(10-32)36-20(25(35(19)5)23(17)26(38)27(13)40-6)9-18-24(22(36)11-34-31(39)15(3)33)30-29(41-12-42-30)14(2)28(18)43-16(4)37/h7,15,19-22,25,38H,8-9,11-12,33H2,1-6H3,(H,34,39)/t15-,19+,20?,21+,22+,25-/m1/s1. The number of fused-ring (bicyclic) bond motifs is 9. The first-order valence-electron chi connectivity index (χ1n) is 14.4. The molecule has 228 valence electrons. The molecule has 12 nitrogen and oxygen atoms in total. The van der Waals surface area contributed by atoms with Crippen LogP contribution in [0.25, 0.3) is 0 Å². The zero-order valence-electron chi connectivity index (χ0n) is 25.2. The summed E-state index contributed by atoms with van der Waals surface area (Å²) < 4.78 is 23.3. The number of methoxy groups -OCH3 is 1. The van der Waals surface area contributed by atoms with Crippen molar-refractivity contribution in [2.75, 3.05) is 27.5 Å². The van der Waals surface area contributed by atoms with Gasteiger partial charge in [-0.1, -0.05) is 6.07 Å². The van der Waals surface area contributed by atoms with Crippen LogP contribution in [-0.2, 0) is 22.4 Å². The smallest absolute Gasteiger partial charge is 0.308 e. The maximum absolute atomic E-state index is 12.8. The maximum atomic E-state index is 12.8. The Morgan fingerprint density at radius 3 is 2.58 bits per heavy atom. The van der Waals surface area contributed by atoms with Gasteiger partial charge in [0.15, 0.2) is 23.0 Å². The van der Waals surface area contributed by atoms with Crippen molar-refractivity contribution in [1.29, 1.82) is 5.26 Å². The van der Waals surface area contributed by atoms with Crippen LogP contribution in [0.15, 0.2) is 6.07 Å². The Morgan fingerprint density at radius 1 is 1.21 bits per heavy atom. The van der Waals surface area contributed by atoms with Crippen LogP contribution in [0.2, 0.25) is 0 Å². The molecule has 4 aliphatic rings. The lowest BCUT2D eigenvalue weighted by molar-refractivity contribution is -0.132. The Kier molecular flexibility index (Phi) is 7.15. The Labute approximate surface area is 250 Å². The van der Waals surface area contributed by atoms with Crippen molar-refractivity contribution in [2.24, 2.45) is 5.73 Å². The molecule has 0 radical (unpaired) electrons. The minimum absolute atomic E-state index is 0.00939. The molecule has 12 heteroatoms. The number of nitrogens with one attached hydrogen (secondary N) is 1. The van der Waals surface area contributed by atoms with Crippen LogP contribution in [0, 0.1) is 25.2 Å². The van der Waals surface area contributed by atoms with E-state index in [-0.39, 0.29) is 43.1 Å². The van der Waals surface area contributed by atoms with Crippen molar-refractivity contribution in [3.63, 3.8) is 0 Å². The van der Waals surface area contributed by atoms with Crippen molar-refractivity contribution in [3.05, 3.63) is 39.4 Å². The topological polar surface area (TPSA) is 160 Å². The van der Waals surface area contributed by atoms with E-state index in [2.05, 4.69) is 21.2 Å². The molecule has 1 amide bonds. The molecular formula is C31H37N5O7. The van der Waals surface area contributed by atoms with Gasteiger partial charge in [0.2, 0.25) is 12.7 Å². The number of nitrogens with zero attached hydrogens (tertiary/aromatic N) is 3. The van der Waals surface area contributed by atoms with Crippen LogP contribution in [0.3, 0.4) is 0 Å². The molecule has 2 bridgehead atoms. The van der Waals surface area contributed by atoms with Crippen LogP contribution in [0.1, 0.15) is 59.3 Å². The Morgan fingerprint density at radius 2 is 1.93 bits per heavy atom. The molecule has 6 atom stereocenters. The van der Waals surface area contributed by atoms with Gasteiger partial charge in [0.1, 0.15) is 11.8 Å². The zero-order chi connectivity index (χ0) is 30.9. The molecule has 0 saturated carbocycles. The van der Waals surface area contributed by atoms with Crippen molar-refractivity contribution in [2.45, 2.75) is 76.8 Å². The first-order chi connectivity index (χ1) is 20.5. The predicted octanol–water partition coefficient (Wildman–Crippen LogP) is 1.91. The lowest BCUT2D eigenvalue weighted by Gasteiger charge is -2.60. The molecule has 4 aliphatic heterocycles. The highest BCUT2D eigenvalue weighted by Crippen LogP contribution is 2.58. The highest BCUT2D eigenvalue weighted by Gasteiger charge is 2.56. The zero-order valence-corrected chi connectivity index (χ0v) is 25.2. The van der Waals surface area contributed by atoms with E-state index in [1.807, 2.05) is 27.0 Å². The number of esters is 1. The summed E-state index contributed by atoms with van der Waals surface area (Å²) in [7, 11) is 3.51. The molecule has 2 aromatic rings. The second-order valence-electron chi connectivity index (χ2n) is 11.9. The molecule has 4 heterocycles. The molecular weight excluding hydrogens is 554 g/mol. The van der Waals surface area contributed by atoms with Crippen molar-refractivity contribution in [1.82, 2.24) is 15.1 Å². The Balaban J connectivity index is 1.61. The van der Waals surface area contributed by atoms with Crippen LogP contribution < -0.4 is 30.0 Å². The molecule has 0 aromatic heterocycles. The van der Waals surface area contributed by atoms with E-state index in [0.29, 0.717) is 47.0 Å². The molecule has 1 saturated heterocycles. The second-order valence-corrected chi connectivity index (χ2v) is 11.9. The largest absolute Gasteiger partial charge is 0.504 e. The minimum atomic E-state index is -0.739. The summed E-state index contributed by atoms with van der Waals surface area (Å²) in [5, 5.41) is 25.3. The molecule has 0 aliphatic carbocycles. The molecule has 1 unspecified atom stereocenters. The monoisotopic (exact) mass is 591 g/mol. The second kappa shape index (κ2) is 10.6. The Hall–Kier alpha value is -4.05. The summed E-state index contributed by atoms with van der Waals surface area (Å²) in [6.45, 7) is 6.79. The maximum Gasteiger partial charge on any atom is 0.308 e. The summed E-state index contributed by atoms with van der Waals surface area (Å²) >= 11 is 0. The molecule has 4 N–H and O–H groups in total. The number of rotatable bonds is 5. The van der Waals surface area contributed by atoms with Crippen LogP contribution >= 0.6 is 0 Å². The van der Waals surface area contributed by atoms with E-state index in [9.17, 15) is 20.0 Å². The van der Waals surface area contributed by atoms with E-state index in [1.54, 1.807) is 6.92 Å². The lowest BCUT2D eigenvalue weighted by atomic mass is 9.71. The lowest BCUT2D eigenvalue weighted by Crippen LogP contribution is -2.68. The van der Waals surface area contributed by atoms with Gasteiger partial charge in [0.25, 0.3) is 0 Å². The fraction of sp³-hybridized carbons (Fsp3) is 0.516. The number of hydrogen-bond acceptors (Lipinski definition) is 11. The van der Waals surface area contributed by atoms with Gasteiger partial charge in [-0.3, -0.25) is 19.4 Å². The number of phenols is 1. The van der Waals surface area contributed by atoms with E-state index in [1.165, 1.54) is 14.0 Å². The number of aromatic hydroxyl groups is 1. The van der Waals surface area contributed by atoms with E-state index in [0.717, 1.165) is 22.3 Å². The van der Waals surface area contributed by atoms with Gasteiger partial charge >= 0.3 is 5.97 Å². The van der Waals surface area contributed by atoms with Gasteiger partial charge in [-0.2, -0.15) is 5.26 Å². The predicted molar refractivity (Wildman–Crippen MR) is 154 cm³/mol. The number of nitrogens with two attached hydrogens (primary N) is 1. The van der Waals surface area contributed by atoms with Gasteiger partial charge in [-0.15, -0.1) is 0 Å². The number of likely N-dealkylation sites (N-methyl/N-ethyl adjacent to an activating group) is 1. The van der Waals surface area contributed by atoms with Crippen LogP contribution in [0.4, 0.5) is 0 Å². The highest BCUT2D eigenvalue weighted by molar-refractivity contribution is 5.81. The SMILES string of the molecule is COc1c(C)cc2c(c1O)[C@H]1C3Cc4c(OC(C)=O)c(C)c5c(c4[C@H](CNC(=O)[C@@H](C)N)N3[C@@H](C#N)[C@H](C2)N1C)OCO5. The fourth-order valence-electron chi connectivity index (χ4n) is 7.67. The van der Waals surface area contributed by atoms with Crippen molar-refractivity contribution < 1.29 is 33.6 Å². The number of piperazine rings is 1. The van der Waals surface area contributed by atoms with Gasteiger partial charge in [-0.25, -0.2) is 0 Å². The van der Waals surface area contributed by atoms with Gasteiger partial charge in [-0.05, 0) is 51.8 Å². The first kappa shape index (κ1) is 29.0. The molecule has 1 fully saturated rings. The van der Waals surface area contributed by atoms with Gasteiger partial charge < -0.3 is 35.1 Å². The molecule has 43 heavy (non-hydrogen) atoms. The van der Waals surface area contributed by atoms with Crippen molar-refractivity contribution in [3.8, 4) is 34.8 Å². The number of carbonyl (C=O) groups is 2. The van der Waals surface area contributed by atoms with Crippen molar-refractivity contribution >= 4 is 11.9 Å². The summed E-state index contributed by atoms with van der Waals surface area (Å²) in [6.07, 6.45) is 0.917. The van der Waals surface area contributed by atoms with E-state index in [4.69, 9.17) is 24.7 Å².